The van der Waals surface area contributed by atoms with Gasteiger partial charge in [-0.15, -0.1) is 0 Å². The Hall–Kier alpha value is -1.86. The molecule has 1 saturated heterocycles. The zero-order chi connectivity index (χ0) is 14.8. The van der Waals surface area contributed by atoms with Crippen LogP contribution in [0.2, 0.25) is 5.02 Å². The number of nitrogens with one attached hydrogen (secondary N) is 1. The van der Waals surface area contributed by atoms with E-state index in [0.717, 1.165) is 12.8 Å². The van der Waals surface area contributed by atoms with E-state index in [0.29, 0.717) is 29.0 Å². The molecule has 0 unspecified atom stereocenters. The van der Waals surface area contributed by atoms with Crippen molar-refractivity contribution in [2.75, 3.05) is 6.61 Å². The van der Waals surface area contributed by atoms with Gasteiger partial charge in [0.25, 0.3) is 11.8 Å². The van der Waals surface area contributed by atoms with Gasteiger partial charge < -0.3 is 19.1 Å². The summed E-state index contributed by atoms with van der Waals surface area (Å²) in [5, 5.41) is 7.09. The van der Waals surface area contributed by atoms with Crippen molar-refractivity contribution in [3.63, 3.8) is 0 Å². The Morgan fingerprint density at radius 1 is 1.62 bits per heavy atom. The van der Waals surface area contributed by atoms with Gasteiger partial charge in [0.2, 0.25) is 0 Å². The molecule has 3 rings (SSSR count). The highest BCUT2D eigenvalue weighted by molar-refractivity contribution is 6.31. The summed E-state index contributed by atoms with van der Waals surface area (Å²) in [6, 6.07) is 1.60. The highest BCUT2D eigenvalue weighted by Crippen LogP contribution is 2.26. The predicted molar refractivity (Wildman–Crippen MR) is 73.8 cm³/mol. The summed E-state index contributed by atoms with van der Waals surface area (Å²) in [6.07, 6.45) is 3.43. The monoisotopic (exact) mass is 310 g/mol. The fourth-order valence-corrected chi connectivity index (χ4v) is 2.49. The van der Waals surface area contributed by atoms with Gasteiger partial charge in [-0.1, -0.05) is 16.8 Å². The summed E-state index contributed by atoms with van der Waals surface area (Å²) >= 11 is 5.85. The summed E-state index contributed by atoms with van der Waals surface area (Å²) < 4.78 is 12.3. The second-order valence-electron chi connectivity index (χ2n) is 4.89. The molecule has 0 bridgehead atoms. The SMILES string of the molecule is Cn1cc(Cl)cc1C(=O)NCc1noc([C@@H]2CCCO2)n1. The number of aryl methyl sites for hydroxylation is 1. The first-order valence-electron chi connectivity index (χ1n) is 6.67. The third-order valence-electron chi connectivity index (χ3n) is 3.30. The number of aromatic nitrogens is 3. The van der Waals surface area contributed by atoms with Crippen molar-refractivity contribution < 1.29 is 14.1 Å². The van der Waals surface area contributed by atoms with Crippen LogP contribution in [0.25, 0.3) is 0 Å². The molecule has 21 heavy (non-hydrogen) atoms. The lowest BCUT2D eigenvalue weighted by molar-refractivity contribution is 0.0835. The molecule has 1 aliphatic heterocycles. The minimum absolute atomic E-state index is 0.117. The number of carbonyl (C=O) groups excluding carboxylic acids is 1. The van der Waals surface area contributed by atoms with E-state index in [1.54, 1.807) is 23.9 Å². The van der Waals surface area contributed by atoms with Gasteiger partial charge in [-0.05, 0) is 18.9 Å². The van der Waals surface area contributed by atoms with Crippen LogP contribution in [0.1, 0.15) is 41.1 Å². The van der Waals surface area contributed by atoms with E-state index in [1.807, 2.05) is 0 Å². The molecule has 0 aromatic carbocycles. The van der Waals surface area contributed by atoms with Gasteiger partial charge in [0.15, 0.2) is 5.82 Å². The highest BCUT2D eigenvalue weighted by Gasteiger charge is 2.24. The first kappa shape index (κ1) is 14.1. The van der Waals surface area contributed by atoms with Crippen LogP contribution in [0.5, 0.6) is 0 Å². The fourth-order valence-electron chi connectivity index (χ4n) is 2.24. The summed E-state index contributed by atoms with van der Waals surface area (Å²) in [5.74, 6) is 0.653. The number of halogens is 1. The van der Waals surface area contributed by atoms with Crippen LogP contribution in [0.15, 0.2) is 16.8 Å². The zero-order valence-corrected chi connectivity index (χ0v) is 12.3. The molecule has 0 radical (unpaired) electrons. The van der Waals surface area contributed by atoms with Gasteiger partial charge in [-0.2, -0.15) is 4.98 Å². The number of nitrogens with zero attached hydrogens (tertiary/aromatic N) is 3. The van der Waals surface area contributed by atoms with Crippen LogP contribution in [-0.2, 0) is 18.3 Å². The van der Waals surface area contributed by atoms with E-state index in [-0.39, 0.29) is 18.6 Å². The molecule has 2 aromatic rings. The lowest BCUT2D eigenvalue weighted by Gasteiger charge is -2.03. The van der Waals surface area contributed by atoms with Crippen molar-refractivity contribution in [1.29, 1.82) is 0 Å². The van der Waals surface area contributed by atoms with Crippen LogP contribution in [-0.4, -0.2) is 27.2 Å². The molecule has 7 nitrogen and oxygen atoms in total. The molecule has 0 saturated carbocycles. The van der Waals surface area contributed by atoms with E-state index in [9.17, 15) is 4.79 Å². The van der Waals surface area contributed by atoms with Crippen molar-refractivity contribution >= 4 is 17.5 Å². The van der Waals surface area contributed by atoms with Gasteiger partial charge in [0.05, 0.1) is 11.6 Å². The number of hydrogen-bond acceptors (Lipinski definition) is 5. The molecule has 1 N–H and O–H groups in total. The molecule has 0 aliphatic carbocycles. The summed E-state index contributed by atoms with van der Waals surface area (Å²) in [7, 11) is 1.75. The maximum absolute atomic E-state index is 12.0. The van der Waals surface area contributed by atoms with Crippen molar-refractivity contribution in [2.45, 2.75) is 25.5 Å². The molecule has 1 amide bonds. The average Bonchev–Trinajstić information content (AvgIpc) is 3.15. The Bertz CT molecular complexity index is 646. The molecule has 112 valence electrons. The quantitative estimate of drug-likeness (QED) is 0.931. The maximum Gasteiger partial charge on any atom is 0.268 e. The molecule has 0 spiro atoms. The van der Waals surface area contributed by atoms with E-state index in [4.69, 9.17) is 20.9 Å². The molecular weight excluding hydrogens is 296 g/mol. The molecule has 2 aromatic heterocycles. The summed E-state index contributed by atoms with van der Waals surface area (Å²) in [4.78, 5) is 16.2. The predicted octanol–water partition coefficient (Wildman–Crippen LogP) is 1.84. The van der Waals surface area contributed by atoms with Gasteiger partial charge in [0.1, 0.15) is 11.8 Å². The highest BCUT2D eigenvalue weighted by atomic mass is 35.5. The lowest BCUT2D eigenvalue weighted by atomic mass is 10.2. The van der Waals surface area contributed by atoms with Crippen molar-refractivity contribution in [2.24, 2.45) is 7.05 Å². The van der Waals surface area contributed by atoms with E-state index < -0.39 is 0 Å². The number of amides is 1. The zero-order valence-electron chi connectivity index (χ0n) is 11.5. The van der Waals surface area contributed by atoms with E-state index in [2.05, 4.69) is 15.5 Å². The third-order valence-corrected chi connectivity index (χ3v) is 3.51. The largest absolute Gasteiger partial charge is 0.368 e. The third kappa shape index (κ3) is 3.08. The molecule has 1 atom stereocenters. The molecular formula is C13H15ClN4O3. The molecule has 8 heteroatoms. The Kier molecular flexibility index (Phi) is 3.94. The Morgan fingerprint density at radius 3 is 3.14 bits per heavy atom. The normalized spacial score (nSPS) is 18.1. The number of rotatable bonds is 4. The Balaban J connectivity index is 1.60. The van der Waals surface area contributed by atoms with Gasteiger partial charge in [0, 0.05) is 19.9 Å². The van der Waals surface area contributed by atoms with Crippen LogP contribution >= 0.6 is 11.6 Å². The summed E-state index contributed by atoms with van der Waals surface area (Å²) in [6.45, 7) is 0.908. The second kappa shape index (κ2) is 5.87. The molecule has 1 aliphatic rings. The Labute approximate surface area is 126 Å². The van der Waals surface area contributed by atoms with Gasteiger partial charge in [-0.3, -0.25) is 4.79 Å². The molecule has 3 heterocycles. The van der Waals surface area contributed by atoms with Gasteiger partial charge >= 0.3 is 0 Å². The molecule has 1 fully saturated rings. The topological polar surface area (TPSA) is 82.2 Å². The number of carbonyl (C=O) groups is 1. The number of hydrogen-bond donors (Lipinski definition) is 1. The van der Waals surface area contributed by atoms with E-state index in [1.165, 1.54) is 0 Å². The van der Waals surface area contributed by atoms with Crippen LogP contribution in [0.3, 0.4) is 0 Å². The maximum atomic E-state index is 12.0. The Morgan fingerprint density at radius 2 is 2.48 bits per heavy atom. The smallest absolute Gasteiger partial charge is 0.268 e. The van der Waals surface area contributed by atoms with Gasteiger partial charge in [-0.25, -0.2) is 0 Å². The first-order valence-corrected chi connectivity index (χ1v) is 7.05. The second-order valence-corrected chi connectivity index (χ2v) is 5.32. The summed E-state index contributed by atoms with van der Waals surface area (Å²) in [5.41, 5.74) is 0.475. The fraction of sp³-hybridized carbons (Fsp3) is 0.462. The average molecular weight is 311 g/mol. The number of ether oxygens (including phenoxy) is 1. The van der Waals surface area contributed by atoms with Crippen LogP contribution in [0.4, 0.5) is 0 Å². The van der Waals surface area contributed by atoms with Crippen molar-refractivity contribution in [3.8, 4) is 0 Å². The first-order chi connectivity index (χ1) is 10.1. The lowest BCUT2D eigenvalue weighted by Crippen LogP contribution is -2.25. The van der Waals surface area contributed by atoms with Crippen LogP contribution < -0.4 is 5.32 Å². The van der Waals surface area contributed by atoms with Crippen LogP contribution in [0, 0.1) is 0 Å². The minimum atomic E-state index is -0.243. The van der Waals surface area contributed by atoms with Crippen molar-refractivity contribution in [3.05, 3.63) is 34.7 Å². The standard InChI is InChI=1S/C13H15ClN4O3/c1-18-7-8(14)5-9(18)12(19)15-6-11-16-13(21-17-11)10-3-2-4-20-10/h5,7,10H,2-4,6H2,1H3,(H,15,19)/t10-/m0/s1. The van der Waals surface area contributed by atoms with E-state index >= 15 is 0 Å². The minimum Gasteiger partial charge on any atom is -0.368 e. The van der Waals surface area contributed by atoms with Crippen molar-refractivity contribution in [1.82, 2.24) is 20.0 Å².